The quantitative estimate of drug-likeness (QED) is 0.701. The van der Waals surface area contributed by atoms with Gasteiger partial charge in [-0.2, -0.15) is 0 Å². The zero-order chi connectivity index (χ0) is 13.4. The molecule has 0 aliphatic carbocycles. The SMILES string of the molecule is CCc1cnccc1CNC(=O)NCCC(=O)O. The summed E-state index contributed by atoms with van der Waals surface area (Å²) in [6.45, 7) is 2.55. The molecule has 0 fully saturated rings. The molecule has 0 aliphatic heterocycles. The van der Waals surface area contributed by atoms with Gasteiger partial charge in [0.15, 0.2) is 0 Å². The highest BCUT2D eigenvalue weighted by molar-refractivity contribution is 5.75. The number of aromatic nitrogens is 1. The van der Waals surface area contributed by atoms with Gasteiger partial charge in [0.1, 0.15) is 0 Å². The summed E-state index contributed by atoms with van der Waals surface area (Å²) in [5, 5.41) is 13.6. The van der Waals surface area contributed by atoms with Crippen LogP contribution in [0, 0.1) is 0 Å². The van der Waals surface area contributed by atoms with Gasteiger partial charge in [0.05, 0.1) is 6.42 Å². The number of hydrogen-bond donors (Lipinski definition) is 3. The summed E-state index contributed by atoms with van der Waals surface area (Å²) in [6, 6.07) is 1.49. The van der Waals surface area contributed by atoms with E-state index in [0.717, 1.165) is 17.5 Å². The van der Waals surface area contributed by atoms with Crippen molar-refractivity contribution >= 4 is 12.0 Å². The lowest BCUT2D eigenvalue weighted by molar-refractivity contribution is -0.136. The molecule has 3 N–H and O–H groups in total. The largest absolute Gasteiger partial charge is 0.481 e. The fourth-order valence-corrected chi connectivity index (χ4v) is 1.47. The van der Waals surface area contributed by atoms with Crippen LogP contribution in [0.2, 0.25) is 0 Å². The summed E-state index contributed by atoms with van der Waals surface area (Å²) < 4.78 is 0. The van der Waals surface area contributed by atoms with E-state index in [4.69, 9.17) is 5.11 Å². The molecule has 0 bridgehead atoms. The van der Waals surface area contributed by atoms with Crippen molar-refractivity contribution < 1.29 is 14.7 Å². The Morgan fingerprint density at radius 1 is 1.33 bits per heavy atom. The summed E-state index contributed by atoms with van der Waals surface area (Å²) >= 11 is 0. The van der Waals surface area contributed by atoms with Crippen LogP contribution in [0.25, 0.3) is 0 Å². The highest BCUT2D eigenvalue weighted by Crippen LogP contribution is 2.06. The van der Waals surface area contributed by atoms with Crippen LogP contribution in [0.15, 0.2) is 18.5 Å². The van der Waals surface area contributed by atoms with E-state index in [0.29, 0.717) is 6.54 Å². The molecule has 6 heteroatoms. The van der Waals surface area contributed by atoms with Crippen molar-refractivity contribution in [3.63, 3.8) is 0 Å². The maximum Gasteiger partial charge on any atom is 0.315 e. The number of pyridine rings is 1. The van der Waals surface area contributed by atoms with Gasteiger partial charge in [-0.15, -0.1) is 0 Å². The van der Waals surface area contributed by atoms with Crippen molar-refractivity contribution in [2.45, 2.75) is 26.3 Å². The lowest BCUT2D eigenvalue weighted by Crippen LogP contribution is -2.36. The predicted molar refractivity (Wildman–Crippen MR) is 66.1 cm³/mol. The lowest BCUT2D eigenvalue weighted by Gasteiger charge is -2.09. The van der Waals surface area contributed by atoms with Gasteiger partial charge in [0, 0.05) is 25.5 Å². The van der Waals surface area contributed by atoms with Crippen LogP contribution in [-0.2, 0) is 17.8 Å². The second-order valence-electron chi connectivity index (χ2n) is 3.75. The molecule has 0 atom stereocenters. The predicted octanol–water partition coefficient (Wildman–Crippen LogP) is 0.918. The molecule has 0 radical (unpaired) electrons. The number of carbonyl (C=O) groups is 2. The van der Waals surface area contributed by atoms with Crippen molar-refractivity contribution in [3.05, 3.63) is 29.6 Å². The molecule has 0 unspecified atom stereocenters. The number of carbonyl (C=O) groups excluding carboxylic acids is 1. The van der Waals surface area contributed by atoms with E-state index in [1.54, 1.807) is 12.4 Å². The van der Waals surface area contributed by atoms with Crippen LogP contribution < -0.4 is 10.6 Å². The minimum absolute atomic E-state index is 0.0805. The van der Waals surface area contributed by atoms with Crippen LogP contribution in [-0.4, -0.2) is 28.6 Å². The summed E-state index contributed by atoms with van der Waals surface area (Å²) in [4.78, 5) is 25.7. The van der Waals surface area contributed by atoms with Crippen LogP contribution in [0.3, 0.4) is 0 Å². The molecule has 0 aliphatic rings. The van der Waals surface area contributed by atoms with E-state index < -0.39 is 5.97 Å². The van der Waals surface area contributed by atoms with Gasteiger partial charge in [-0.1, -0.05) is 6.92 Å². The Bertz CT molecular complexity index is 421. The molecule has 1 aromatic heterocycles. The van der Waals surface area contributed by atoms with Crippen molar-refractivity contribution in [2.24, 2.45) is 0 Å². The number of amides is 2. The number of aliphatic carboxylic acids is 1. The molecular weight excluding hydrogens is 234 g/mol. The number of nitrogens with one attached hydrogen (secondary N) is 2. The molecule has 0 saturated heterocycles. The molecule has 98 valence electrons. The van der Waals surface area contributed by atoms with Crippen molar-refractivity contribution in [3.8, 4) is 0 Å². The Morgan fingerprint density at radius 2 is 2.11 bits per heavy atom. The van der Waals surface area contributed by atoms with Crippen molar-refractivity contribution in [1.29, 1.82) is 0 Å². The Balaban J connectivity index is 2.35. The molecule has 1 heterocycles. The van der Waals surface area contributed by atoms with Gasteiger partial charge in [0.2, 0.25) is 0 Å². The topological polar surface area (TPSA) is 91.3 Å². The Hall–Kier alpha value is -2.11. The summed E-state index contributed by atoms with van der Waals surface area (Å²) in [6.07, 6.45) is 4.23. The number of rotatable bonds is 6. The smallest absolute Gasteiger partial charge is 0.315 e. The van der Waals surface area contributed by atoms with Crippen LogP contribution in [0.5, 0.6) is 0 Å². The first-order chi connectivity index (χ1) is 8.63. The van der Waals surface area contributed by atoms with Crippen LogP contribution in [0.4, 0.5) is 4.79 Å². The number of hydrogen-bond acceptors (Lipinski definition) is 3. The van der Waals surface area contributed by atoms with Gasteiger partial charge >= 0.3 is 12.0 Å². The van der Waals surface area contributed by atoms with Crippen molar-refractivity contribution in [2.75, 3.05) is 6.54 Å². The fourth-order valence-electron chi connectivity index (χ4n) is 1.47. The molecular formula is C12H17N3O3. The molecule has 1 rings (SSSR count). The molecule has 0 saturated carbocycles. The second-order valence-corrected chi connectivity index (χ2v) is 3.75. The lowest BCUT2D eigenvalue weighted by atomic mass is 10.1. The Labute approximate surface area is 105 Å². The van der Waals surface area contributed by atoms with Gasteiger partial charge in [-0.05, 0) is 23.6 Å². The maximum atomic E-state index is 11.4. The van der Waals surface area contributed by atoms with E-state index in [9.17, 15) is 9.59 Å². The van der Waals surface area contributed by atoms with E-state index in [1.807, 2.05) is 13.0 Å². The van der Waals surface area contributed by atoms with E-state index in [-0.39, 0.29) is 19.0 Å². The monoisotopic (exact) mass is 251 g/mol. The molecule has 1 aromatic rings. The first-order valence-corrected chi connectivity index (χ1v) is 5.78. The van der Waals surface area contributed by atoms with Gasteiger partial charge in [0.25, 0.3) is 0 Å². The first kappa shape index (κ1) is 14.0. The number of carboxylic acid groups (broad SMARTS) is 1. The Morgan fingerprint density at radius 3 is 2.78 bits per heavy atom. The first-order valence-electron chi connectivity index (χ1n) is 5.78. The fraction of sp³-hybridized carbons (Fsp3) is 0.417. The maximum absolute atomic E-state index is 11.4. The zero-order valence-corrected chi connectivity index (χ0v) is 10.3. The molecule has 2 amide bonds. The standard InChI is InChI=1S/C12H17N3O3/c1-2-9-7-13-5-3-10(9)8-15-12(18)14-6-4-11(16)17/h3,5,7H,2,4,6,8H2,1H3,(H,16,17)(H2,14,15,18). The second kappa shape index (κ2) is 7.26. The van der Waals surface area contributed by atoms with Crippen LogP contribution >= 0.6 is 0 Å². The number of aryl methyl sites for hydroxylation is 1. The summed E-state index contributed by atoms with van der Waals surface area (Å²) in [5.41, 5.74) is 2.10. The van der Waals surface area contributed by atoms with Gasteiger partial charge in [-0.3, -0.25) is 9.78 Å². The molecule has 0 spiro atoms. The highest BCUT2D eigenvalue weighted by atomic mass is 16.4. The van der Waals surface area contributed by atoms with Gasteiger partial charge in [-0.25, -0.2) is 4.79 Å². The van der Waals surface area contributed by atoms with Crippen molar-refractivity contribution in [1.82, 2.24) is 15.6 Å². The highest BCUT2D eigenvalue weighted by Gasteiger charge is 2.04. The molecule has 6 nitrogen and oxygen atoms in total. The third kappa shape index (κ3) is 4.82. The van der Waals surface area contributed by atoms with E-state index in [2.05, 4.69) is 15.6 Å². The molecule has 0 aromatic carbocycles. The number of nitrogens with zero attached hydrogens (tertiary/aromatic N) is 1. The van der Waals surface area contributed by atoms with E-state index >= 15 is 0 Å². The Kier molecular flexibility index (Phi) is 5.63. The molecule has 18 heavy (non-hydrogen) atoms. The van der Waals surface area contributed by atoms with Gasteiger partial charge < -0.3 is 15.7 Å². The normalized spacial score (nSPS) is 9.83. The number of carboxylic acids is 1. The van der Waals surface area contributed by atoms with E-state index in [1.165, 1.54) is 0 Å². The third-order valence-corrected chi connectivity index (χ3v) is 2.45. The number of urea groups is 1. The average Bonchev–Trinajstić information content (AvgIpc) is 2.36. The minimum Gasteiger partial charge on any atom is -0.481 e. The average molecular weight is 251 g/mol. The minimum atomic E-state index is -0.933. The summed E-state index contributed by atoms with van der Waals surface area (Å²) in [7, 11) is 0. The third-order valence-electron chi connectivity index (χ3n) is 2.45. The summed E-state index contributed by atoms with van der Waals surface area (Å²) in [5.74, 6) is -0.933. The van der Waals surface area contributed by atoms with Crippen LogP contribution in [0.1, 0.15) is 24.5 Å². The zero-order valence-electron chi connectivity index (χ0n) is 10.3.